The highest BCUT2D eigenvalue weighted by atomic mass is 35.5. The molecule has 1 aromatic heterocycles. The van der Waals surface area contributed by atoms with Crippen molar-refractivity contribution in [3.8, 4) is 5.75 Å². The molecule has 0 bridgehead atoms. The standard InChI is InChI=1S/C22H20Cl2FN7O4/c23-14-1-6-18(17(24)11-14)36-12-19(33)28-29-21-20(32(34)35)22(27-13-26-21)31-9-7-30(8-10-31)16-4-2-15(25)3-5-16/h1-6,11,13H,7-10,12H2,(H,28,33)(H,26,27,29). The minimum absolute atomic E-state index is 0.120. The molecule has 1 saturated heterocycles. The fraction of sp³-hybridized carbons (Fsp3) is 0.227. The molecule has 0 saturated carbocycles. The molecule has 36 heavy (non-hydrogen) atoms. The van der Waals surface area contributed by atoms with Crippen molar-refractivity contribution in [1.29, 1.82) is 0 Å². The van der Waals surface area contributed by atoms with Crippen LogP contribution >= 0.6 is 23.2 Å². The van der Waals surface area contributed by atoms with Gasteiger partial charge in [0.05, 0.1) is 9.95 Å². The predicted molar refractivity (Wildman–Crippen MR) is 133 cm³/mol. The van der Waals surface area contributed by atoms with Crippen LogP contribution < -0.4 is 25.4 Å². The predicted octanol–water partition coefficient (Wildman–Crippen LogP) is 3.68. The van der Waals surface area contributed by atoms with Crippen molar-refractivity contribution < 1.29 is 18.8 Å². The van der Waals surface area contributed by atoms with Gasteiger partial charge in [-0.15, -0.1) is 0 Å². The van der Waals surface area contributed by atoms with Crippen molar-refractivity contribution in [3.63, 3.8) is 0 Å². The molecule has 3 aromatic rings. The molecule has 0 spiro atoms. The third-order valence-corrected chi connectivity index (χ3v) is 5.86. The Balaban J connectivity index is 1.39. The number of ether oxygens (including phenoxy) is 1. The first-order chi connectivity index (χ1) is 17.3. The largest absolute Gasteiger partial charge is 0.482 e. The van der Waals surface area contributed by atoms with Gasteiger partial charge in [0.2, 0.25) is 11.6 Å². The van der Waals surface area contributed by atoms with Gasteiger partial charge in [0.1, 0.15) is 17.9 Å². The molecule has 11 nitrogen and oxygen atoms in total. The number of carbonyl (C=O) groups excluding carboxylic acids is 1. The Kier molecular flexibility index (Phi) is 7.86. The second-order valence-corrected chi connectivity index (χ2v) is 8.48. The quantitative estimate of drug-likeness (QED) is 0.328. The number of amides is 1. The Morgan fingerprint density at radius 2 is 1.78 bits per heavy atom. The fourth-order valence-electron chi connectivity index (χ4n) is 3.59. The lowest BCUT2D eigenvalue weighted by Gasteiger charge is -2.36. The van der Waals surface area contributed by atoms with E-state index in [9.17, 15) is 19.3 Å². The van der Waals surface area contributed by atoms with E-state index in [1.807, 2.05) is 0 Å². The van der Waals surface area contributed by atoms with Crippen LogP contribution in [0, 0.1) is 15.9 Å². The number of nitro groups is 1. The number of nitrogens with one attached hydrogen (secondary N) is 2. The van der Waals surface area contributed by atoms with E-state index in [4.69, 9.17) is 27.9 Å². The molecule has 1 fully saturated rings. The second-order valence-electron chi connectivity index (χ2n) is 7.64. The Morgan fingerprint density at radius 1 is 1.08 bits per heavy atom. The van der Waals surface area contributed by atoms with Crippen LogP contribution in [0.4, 0.5) is 27.4 Å². The highest BCUT2D eigenvalue weighted by molar-refractivity contribution is 6.35. The van der Waals surface area contributed by atoms with Gasteiger partial charge in [-0.2, -0.15) is 0 Å². The second kappa shape index (κ2) is 11.2. The highest BCUT2D eigenvalue weighted by Crippen LogP contribution is 2.32. The number of carbonyl (C=O) groups is 1. The van der Waals surface area contributed by atoms with Crippen molar-refractivity contribution >= 4 is 52.1 Å². The lowest BCUT2D eigenvalue weighted by molar-refractivity contribution is -0.383. The van der Waals surface area contributed by atoms with Gasteiger partial charge >= 0.3 is 5.69 Å². The van der Waals surface area contributed by atoms with E-state index in [0.717, 1.165) is 5.69 Å². The lowest BCUT2D eigenvalue weighted by Crippen LogP contribution is -2.47. The van der Waals surface area contributed by atoms with Crippen molar-refractivity contribution in [3.05, 3.63) is 74.8 Å². The van der Waals surface area contributed by atoms with E-state index in [1.165, 1.54) is 30.6 Å². The molecule has 0 unspecified atom stereocenters. The summed E-state index contributed by atoms with van der Waals surface area (Å²) in [6.07, 6.45) is 1.17. The van der Waals surface area contributed by atoms with Gasteiger partial charge in [-0.25, -0.2) is 14.4 Å². The molecule has 0 aliphatic carbocycles. The molecular weight excluding hydrogens is 516 g/mol. The lowest BCUT2D eigenvalue weighted by atomic mass is 10.2. The Labute approximate surface area is 214 Å². The van der Waals surface area contributed by atoms with E-state index in [-0.39, 0.29) is 33.9 Å². The van der Waals surface area contributed by atoms with E-state index < -0.39 is 17.4 Å². The van der Waals surface area contributed by atoms with Crippen LogP contribution in [0.1, 0.15) is 0 Å². The zero-order valence-corrected chi connectivity index (χ0v) is 20.2. The average Bonchev–Trinajstić information content (AvgIpc) is 2.87. The Morgan fingerprint density at radius 3 is 2.44 bits per heavy atom. The van der Waals surface area contributed by atoms with Crippen LogP contribution in [-0.2, 0) is 4.79 Å². The topological polar surface area (TPSA) is 126 Å². The first kappa shape index (κ1) is 25.2. The molecule has 1 aliphatic heterocycles. The molecule has 4 rings (SSSR count). The highest BCUT2D eigenvalue weighted by Gasteiger charge is 2.29. The maximum absolute atomic E-state index is 13.2. The summed E-state index contributed by atoms with van der Waals surface area (Å²) in [4.78, 5) is 35.3. The minimum Gasteiger partial charge on any atom is -0.482 e. The van der Waals surface area contributed by atoms with Gasteiger partial charge in [-0.1, -0.05) is 23.2 Å². The summed E-state index contributed by atoms with van der Waals surface area (Å²) < 4.78 is 18.6. The number of piperazine rings is 1. The zero-order chi connectivity index (χ0) is 25.7. The van der Waals surface area contributed by atoms with Crippen LogP contribution in [0.15, 0.2) is 48.8 Å². The summed E-state index contributed by atoms with van der Waals surface area (Å²) in [6.45, 7) is 1.58. The van der Waals surface area contributed by atoms with Gasteiger partial charge < -0.3 is 14.5 Å². The third-order valence-electron chi connectivity index (χ3n) is 5.33. The number of aromatic nitrogens is 2. The molecule has 0 radical (unpaired) electrons. The van der Waals surface area contributed by atoms with Crippen LogP contribution in [0.5, 0.6) is 5.75 Å². The summed E-state index contributed by atoms with van der Waals surface area (Å²) in [7, 11) is 0. The van der Waals surface area contributed by atoms with Crippen LogP contribution in [-0.4, -0.2) is 53.6 Å². The van der Waals surface area contributed by atoms with Crippen molar-refractivity contribution in [1.82, 2.24) is 15.4 Å². The molecule has 1 amide bonds. The smallest absolute Gasteiger partial charge is 0.355 e. The number of anilines is 3. The molecule has 14 heteroatoms. The first-order valence-electron chi connectivity index (χ1n) is 10.7. The Hall–Kier alpha value is -3.90. The number of benzene rings is 2. The van der Waals surface area contributed by atoms with E-state index in [1.54, 1.807) is 23.1 Å². The summed E-state index contributed by atoms with van der Waals surface area (Å²) in [5.74, 6) is -0.741. The molecule has 2 aromatic carbocycles. The summed E-state index contributed by atoms with van der Waals surface area (Å²) in [6, 6.07) is 10.7. The number of hydrogen-bond acceptors (Lipinski definition) is 9. The van der Waals surface area contributed by atoms with E-state index >= 15 is 0 Å². The molecule has 188 valence electrons. The van der Waals surface area contributed by atoms with Crippen molar-refractivity contribution in [2.45, 2.75) is 0 Å². The van der Waals surface area contributed by atoms with Crippen molar-refractivity contribution in [2.24, 2.45) is 0 Å². The van der Waals surface area contributed by atoms with Gasteiger partial charge in [0, 0.05) is 36.9 Å². The maximum atomic E-state index is 13.2. The first-order valence-corrected chi connectivity index (χ1v) is 11.4. The van der Waals surface area contributed by atoms with Crippen LogP contribution in [0.2, 0.25) is 10.0 Å². The van der Waals surface area contributed by atoms with Crippen molar-refractivity contribution in [2.75, 3.05) is 48.0 Å². The monoisotopic (exact) mass is 535 g/mol. The number of halogens is 3. The Bertz CT molecular complexity index is 1260. The zero-order valence-electron chi connectivity index (χ0n) is 18.7. The van der Waals surface area contributed by atoms with Gasteiger partial charge in [0.25, 0.3) is 5.91 Å². The molecule has 0 atom stereocenters. The number of hydrazine groups is 1. The third kappa shape index (κ3) is 6.01. The summed E-state index contributed by atoms with van der Waals surface area (Å²) in [5, 5.41) is 12.5. The van der Waals surface area contributed by atoms with E-state index in [0.29, 0.717) is 31.2 Å². The molecule has 2 heterocycles. The van der Waals surface area contributed by atoms with Gasteiger partial charge in [-0.3, -0.25) is 25.8 Å². The average molecular weight is 536 g/mol. The van der Waals surface area contributed by atoms with Crippen LogP contribution in [0.25, 0.3) is 0 Å². The molecule has 1 aliphatic rings. The number of hydrogen-bond donors (Lipinski definition) is 2. The van der Waals surface area contributed by atoms with Gasteiger partial charge in [-0.05, 0) is 42.5 Å². The normalized spacial score (nSPS) is 13.3. The summed E-state index contributed by atoms with van der Waals surface area (Å²) in [5.41, 5.74) is 5.28. The minimum atomic E-state index is -0.622. The summed E-state index contributed by atoms with van der Waals surface area (Å²) >= 11 is 11.8. The van der Waals surface area contributed by atoms with Gasteiger partial charge in [0.15, 0.2) is 6.61 Å². The number of nitrogens with zero attached hydrogens (tertiary/aromatic N) is 5. The fourth-order valence-corrected chi connectivity index (χ4v) is 4.05. The maximum Gasteiger partial charge on any atom is 0.355 e. The van der Waals surface area contributed by atoms with E-state index in [2.05, 4.69) is 25.7 Å². The molecular formula is C22H20Cl2FN7O4. The number of rotatable bonds is 8. The van der Waals surface area contributed by atoms with Crippen LogP contribution in [0.3, 0.4) is 0 Å². The SMILES string of the molecule is O=C(COc1ccc(Cl)cc1Cl)NNc1ncnc(N2CCN(c3ccc(F)cc3)CC2)c1[N+](=O)[O-]. The molecule has 2 N–H and O–H groups in total.